The van der Waals surface area contributed by atoms with E-state index in [1.54, 1.807) is 18.2 Å². The number of rotatable bonds is 4. The van der Waals surface area contributed by atoms with Gasteiger partial charge in [0, 0.05) is 10.9 Å². The highest BCUT2D eigenvalue weighted by atomic mass is 32.1. The van der Waals surface area contributed by atoms with E-state index in [0.29, 0.717) is 10.7 Å². The number of aliphatic hydroxyl groups is 1. The fourth-order valence-corrected chi connectivity index (χ4v) is 2.97. The molecule has 2 N–H and O–H groups in total. The number of carboxylic acid groups (broad SMARTS) is 1. The largest absolute Gasteiger partial charge is 0.478 e. The number of hydrogen-bond acceptors (Lipinski definition) is 4. The number of benzene rings is 2. The molecule has 0 aliphatic heterocycles. The molecule has 0 bridgehead atoms. The lowest BCUT2D eigenvalue weighted by Crippen LogP contribution is -1.99. The second-order valence-corrected chi connectivity index (χ2v) is 5.66. The molecule has 0 radical (unpaired) electrons. The van der Waals surface area contributed by atoms with Crippen molar-refractivity contribution in [2.75, 3.05) is 0 Å². The van der Waals surface area contributed by atoms with Crippen molar-refractivity contribution in [3.63, 3.8) is 0 Å². The number of thiazole rings is 1. The fraction of sp³-hybridized carbons (Fsp3) is 0.0588. The van der Waals surface area contributed by atoms with E-state index < -0.39 is 12.1 Å². The van der Waals surface area contributed by atoms with Crippen molar-refractivity contribution in [3.05, 3.63) is 76.1 Å². The van der Waals surface area contributed by atoms with Crippen molar-refractivity contribution in [1.29, 1.82) is 0 Å². The molecule has 4 nitrogen and oxygen atoms in total. The quantitative estimate of drug-likeness (QED) is 0.772. The van der Waals surface area contributed by atoms with Crippen LogP contribution in [0.3, 0.4) is 0 Å². The summed E-state index contributed by atoms with van der Waals surface area (Å²) in [5.74, 6) is -0.971. The maximum absolute atomic E-state index is 11.0. The number of aromatic nitrogens is 1. The minimum atomic E-state index is -0.971. The summed E-state index contributed by atoms with van der Waals surface area (Å²) in [5, 5.41) is 21.8. The maximum atomic E-state index is 11.0. The Morgan fingerprint density at radius 1 is 1.09 bits per heavy atom. The van der Waals surface area contributed by atoms with Gasteiger partial charge in [-0.15, -0.1) is 11.3 Å². The van der Waals surface area contributed by atoms with Crippen molar-refractivity contribution >= 4 is 17.3 Å². The van der Waals surface area contributed by atoms with Crippen molar-refractivity contribution in [1.82, 2.24) is 4.98 Å². The molecule has 1 atom stereocenters. The minimum absolute atomic E-state index is 0.218. The SMILES string of the molecule is O=C(O)c1cccc(-c2csc(C(O)c3ccccc3)n2)c1. The molecule has 0 amide bonds. The summed E-state index contributed by atoms with van der Waals surface area (Å²) in [6.07, 6.45) is -0.775. The van der Waals surface area contributed by atoms with Gasteiger partial charge in [-0.25, -0.2) is 9.78 Å². The third-order valence-electron chi connectivity index (χ3n) is 3.28. The minimum Gasteiger partial charge on any atom is -0.478 e. The molecule has 1 unspecified atom stereocenters. The van der Waals surface area contributed by atoms with Gasteiger partial charge < -0.3 is 10.2 Å². The van der Waals surface area contributed by atoms with Gasteiger partial charge in [-0.3, -0.25) is 0 Å². The fourth-order valence-electron chi connectivity index (χ4n) is 2.14. The summed E-state index contributed by atoms with van der Waals surface area (Å²) in [7, 11) is 0. The highest BCUT2D eigenvalue weighted by molar-refractivity contribution is 7.10. The molecule has 0 saturated heterocycles. The molecule has 1 heterocycles. The first-order chi connectivity index (χ1) is 10.6. The number of aromatic carboxylic acids is 1. The van der Waals surface area contributed by atoms with E-state index in [9.17, 15) is 9.90 Å². The molecule has 2 aromatic carbocycles. The lowest BCUT2D eigenvalue weighted by molar-refractivity contribution is 0.0697. The van der Waals surface area contributed by atoms with Gasteiger partial charge in [-0.05, 0) is 17.7 Å². The van der Waals surface area contributed by atoms with Crippen LogP contribution >= 0.6 is 11.3 Å². The van der Waals surface area contributed by atoms with Crippen LogP contribution in [0.25, 0.3) is 11.3 Å². The molecule has 3 aromatic rings. The lowest BCUT2D eigenvalue weighted by atomic mass is 10.1. The summed E-state index contributed by atoms with van der Waals surface area (Å²) >= 11 is 1.35. The summed E-state index contributed by atoms with van der Waals surface area (Å²) in [5.41, 5.74) is 2.39. The second kappa shape index (κ2) is 6.09. The Kier molecular flexibility index (Phi) is 4.00. The normalized spacial score (nSPS) is 12.0. The van der Waals surface area contributed by atoms with Crippen molar-refractivity contribution < 1.29 is 15.0 Å². The van der Waals surface area contributed by atoms with E-state index >= 15 is 0 Å². The summed E-state index contributed by atoms with van der Waals surface area (Å²) in [4.78, 5) is 15.5. The van der Waals surface area contributed by atoms with Gasteiger partial charge in [0.05, 0.1) is 11.3 Å². The monoisotopic (exact) mass is 311 g/mol. The van der Waals surface area contributed by atoms with Gasteiger partial charge in [0.1, 0.15) is 11.1 Å². The van der Waals surface area contributed by atoms with E-state index in [0.717, 1.165) is 11.1 Å². The first kappa shape index (κ1) is 14.4. The molecule has 0 aliphatic rings. The molecular weight excluding hydrogens is 298 g/mol. The second-order valence-electron chi connectivity index (χ2n) is 4.77. The Morgan fingerprint density at radius 3 is 2.59 bits per heavy atom. The Morgan fingerprint density at radius 2 is 1.86 bits per heavy atom. The zero-order valence-corrected chi connectivity index (χ0v) is 12.3. The Hall–Kier alpha value is -2.50. The standard InChI is InChI=1S/C17H13NO3S/c19-15(11-5-2-1-3-6-11)16-18-14(10-22-16)12-7-4-8-13(9-12)17(20)21/h1-10,15,19H,(H,20,21). The summed E-state index contributed by atoms with van der Waals surface area (Å²) in [6.45, 7) is 0. The van der Waals surface area contributed by atoms with Crippen LogP contribution in [0.15, 0.2) is 60.0 Å². The molecule has 0 saturated carbocycles. The number of carbonyl (C=O) groups is 1. The van der Waals surface area contributed by atoms with Gasteiger partial charge in [0.25, 0.3) is 0 Å². The third-order valence-corrected chi connectivity index (χ3v) is 4.17. The average Bonchev–Trinajstić information content (AvgIpc) is 3.05. The topological polar surface area (TPSA) is 70.4 Å². The molecule has 0 aliphatic carbocycles. The summed E-state index contributed by atoms with van der Waals surface area (Å²) in [6, 6.07) is 15.9. The van der Waals surface area contributed by atoms with Gasteiger partial charge in [0.2, 0.25) is 0 Å². The molecule has 110 valence electrons. The smallest absolute Gasteiger partial charge is 0.335 e. The van der Waals surface area contributed by atoms with Crippen LogP contribution < -0.4 is 0 Å². The highest BCUT2D eigenvalue weighted by Gasteiger charge is 2.15. The predicted molar refractivity (Wildman–Crippen MR) is 85.0 cm³/mol. The van der Waals surface area contributed by atoms with Gasteiger partial charge in [-0.2, -0.15) is 0 Å². The van der Waals surface area contributed by atoms with Gasteiger partial charge in [0.15, 0.2) is 0 Å². The number of hydrogen-bond donors (Lipinski definition) is 2. The molecular formula is C17H13NO3S. The van der Waals surface area contributed by atoms with Crippen molar-refractivity contribution in [2.45, 2.75) is 6.10 Å². The van der Waals surface area contributed by atoms with Crippen molar-refractivity contribution in [2.24, 2.45) is 0 Å². The predicted octanol–water partition coefficient (Wildman–Crippen LogP) is 3.59. The molecule has 3 rings (SSSR count). The van der Waals surface area contributed by atoms with E-state index in [1.807, 2.05) is 35.7 Å². The Bertz CT molecular complexity index is 798. The molecule has 22 heavy (non-hydrogen) atoms. The molecule has 0 spiro atoms. The third kappa shape index (κ3) is 2.90. The van der Waals surface area contributed by atoms with E-state index in [4.69, 9.17) is 5.11 Å². The number of carboxylic acids is 1. The van der Waals surface area contributed by atoms with Crippen LogP contribution in [0.2, 0.25) is 0 Å². The lowest BCUT2D eigenvalue weighted by Gasteiger charge is -2.07. The molecule has 0 fully saturated rings. The average molecular weight is 311 g/mol. The Balaban J connectivity index is 1.91. The van der Waals surface area contributed by atoms with Crippen LogP contribution in [0.4, 0.5) is 0 Å². The zero-order chi connectivity index (χ0) is 15.5. The Labute approximate surface area is 131 Å². The van der Waals surface area contributed by atoms with E-state index in [-0.39, 0.29) is 5.56 Å². The number of nitrogens with zero attached hydrogens (tertiary/aromatic N) is 1. The maximum Gasteiger partial charge on any atom is 0.335 e. The first-order valence-electron chi connectivity index (χ1n) is 6.67. The summed E-state index contributed by atoms with van der Waals surface area (Å²) < 4.78 is 0. The van der Waals surface area contributed by atoms with Gasteiger partial charge in [-0.1, -0.05) is 42.5 Å². The van der Waals surface area contributed by atoms with Crippen LogP contribution in [0.1, 0.15) is 27.0 Å². The van der Waals surface area contributed by atoms with Crippen LogP contribution in [0, 0.1) is 0 Å². The molecule has 5 heteroatoms. The van der Waals surface area contributed by atoms with Crippen LogP contribution in [-0.4, -0.2) is 21.2 Å². The van der Waals surface area contributed by atoms with Gasteiger partial charge >= 0.3 is 5.97 Å². The highest BCUT2D eigenvalue weighted by Crippen LogP contribution is 2.29. The van der Waals surface area contributed by atoms with Crippen LogP contribution in [-0.2, 0) is 0 Å². The van der Waals surface area contributed by atoms with E-state index in [2.05, 4.69) is 4.98 Å². The molecule has 1 aromatic heterocycles. The number of aliphatic hydroxyl groups excluding tert-OH is 1. The first-order valence-corrected chi connectivity index (χ1v) is 7.55. The van der Waals surface area contributed by atoms with Crippen LogP contribution in [0.5, 0.6) is 0 Å². The van der Waals surface area contributed by atoms with Crippen molar-refractivity contribution in [3.8, 4) is 11.3 Å². The zero-order valence-electron chi connectivity index (χ0n) is 11.5. The van der Waals surface area contributed by atoms with E-state index in [1.165, 1.54) is 17.4 Å².